The van der Waals surface area contributed by atoms with E-state index in [0.717, 1.165) is 15.0 Å². The van der Waals surface area contributed by atoms with Crippen molar-refractivity contribution in [3.63, 3.8) is 0 Å². The van der Waals surface area contributed by atoms with Gasteiger partial charge in [-0.05, 0) is 24.3 Å². The van der Waals surface area contributed by atoms with Gasteiger partial charge in [-0.25, -0.2) is 4.98 Å². The molecule has 3 N–H and O–H groups in total. The number of fused-ring (bicyclic) bond motifs is 1. The third kappa shape index (κ3) is 4.64. The van der Waals surface area contributed by atoms with Gasteiger partial charge >= 0.3 is 0 Å². The van der Waals surface area contributed by atoms with Crippen LogP contribution >= 0.6 is 22.9 Å². The minimum Gasteiger partial charge on any atom is -0.505 e. The standard InChI is InChI=1S/C19H16ClN3O3S/c20-17-12-4-1-2-6-14(12)27-15(17)7-8-16(25)21-10-11-23-19(26)18-13(24)5-3-9-22-18/h1-9,24H,10-11H2,(H,21,25)(H,23,26)/b8-7+. The number of carbonyl (C=O) groups excluding carboxylic acids is 2. The number of rotatable bonds is 6. The molecule has 6 nitrogen and oxygen atoms in total. The molecule has 8 heteroatoms. The van der Waals surface area contributed by atoms with Gasteiger partial charge in [0.15, 0.2) is 5.69 Å². The summed E-state index contributed by atoms with van der Waals surface area (Å²) >= 11 is 7.84. The Kier molecular flexibility index (Phi) is 6.05. The summed E-state index contributed by atoms with van der Waals surface area (Å²) in [5.41, 5.74) is -0.0527. The number of pyridine rings is 1. The molecule has 0 aliphatic rings. The fourth-order valence-corrected chi connectivity index (χ4v) is 3.77. The van der Waals surface area contributed by atoms with E-state index in [1.807, 2.05) is 24.3 Å². The number of nitrogens with one attached hydrogen (secondary N) is 2. The predicted octanol–water partition coefficient (Wildman–Crippen LogP) is 3.21. The van der Waals surface area contributed by atoms with Crippen molar-refractivity contribution in [2.45, 2.75) is 0 Å². The smallest absolute Gasteiger partial charge is 0.273 e. The molecule has 27 heavy (non-hydrogen) atoms. The van der Waals surface area contributed by atoms with Crippen LogP contribution in [0.4, 0.5) is 0 Å². The van der Waals surface area contributed by atoms with Crippen molar-refractivity contribution in [1.29, 1.82) is 0 Å². The Morgan fingerprint density at radius 1 is 1.15 bits per heavy atom. The summed E-state index contributed by atoms with van der Waals surface area (Å²) in [5, 5.41) is 16.4. The number of carbonyl (C=O) groups is 2. The van der Waals surface area contributed by atoms with Gasteiger partial charge < -0.3 is 15.7 Å². The van der Waals surface area contributed by atoms with Crippen LogP contribution in [0.5, 0.6) is 5.75 Å². The Morgan fingerprint density at radius 2 is 1.93 bits per heavy atom. The van der Waals surface area contributed by atoms with Crippen molar-refractivity contribution in [3.05, 3.63) is 64.3 Å². The molecular weight excluding hydrogens is 386 g/mol. The fraction of sp³-hybridized carbons (Fsp3) is 0.105. The van der Waals surface area contributed by atoms with Crippen LogP contribution in [-0.4, -0.2) is 35.0 Å². The molecule has 0 fully saturated rings. The van der Waals surface area contributed by atoms with Gasteiger partial charge in [0.25, 0.3) is 5.91 Å². The van der Waals surface area contributed by atoms with Gasteiger partial charge in [0, 0.05) is 40.3 Å². The van der Waals surface area contributed by atoms with Crippen LogP contribution in [0.3, 0.4) is 0 Å². The molecule has 0 saturated heterocycles. The highest BCUT2D eigenvalue weighted by Crippen LogP contribution is 2.35. The predicted molar refractivity (Wildman–Crippen MR) is 107 cm³/mol. The fourth-order valence-electron chi connectivity index (χ4n) is 2.37. The highest BCUT2D eigenvalue weighted by atomic mass is 35.5. The largest absolute Gasteiger partial charge is 0.505 e. The number of hydrogen-bond acceptors (Lipinski definition) is 5. The lowest BCUT2D eigenvalue weighted by Crippen LogP contribution is -2.34. The number of nitrogens with zero attached hydrogens (tertiary/aromatic N) is 1. The molecule has 2 heterocycles. The van der Waals surface area contributed by atoms with Gasteiger partial charge in [0.05, 0.1) is 5.02 Å². The van der Waals surface area contributed by atoms with E-state index in [4.69, 9.17) is 11.6 Å². The molecule has 1 aromatic carbocycles. The second-order valence-electron chi connectivity index (χ2n) is 5.53. The van der Waals surface area contributed by atoms with Gasteiger partial charge in [-0.3, -0.25) is 9.59 Å². The molecule has 2 amide bonds. The first-order chi connectivity index (χ1) is 13.1. The van der Waals surface area contributed by atoms with Gasteiger partial charge in [-0.15, -0.1) is 11.3 Å². The first kappa shape index (κ1) is 18.9. The highest BCUT2D eigenvalue weighted by molar-refractivity contribution is 7.20. The molecule has 0 unspecified atom stereocenters. The van der Waals surface area contributed by atoms with Crippen molar-refractivity contribution < 1.29 is 14.7 Å². The second kappa shape index (κ2) is 8.66. The molecule has 3 rings (SSSR count). The maximum atomic E-state index is 11.9. The normalized spacial score (nSPS) is 11.0. The van der Waals surface area contributed by atoms with Crippen molar-refractivity contribution in [2.75, 3.05) is 13.1 Å². The minimum atomic E-state index is -0.505. The van der Waals surface area contributed by atoms with Gasteiger partial charge in [-0.1, -0.05) is 29.8 Å². The topological polar surface area (TPSA) is 91.3 Å². The van der Waals surface area contributed by atoms with Crippen LogP contribution in [0.1, 0.15) is 15.4 Å². The average Bonchev–Trinajstić information content (AvgIpc) is 3.00. The van der Waals surface area contributed by atoms with Crippen LogP contribution in [0, 0.1) is 0 Å². The second-order valence-corrected chi connectivity index (χ2v) is 6.99. The van der Waals surface area contributed by atoms with Gasteiger partial charge in [-0.2, -0.15) is 0 Å². The summed E-state index contributed by atoms with van der Waals surface area (Å²) in [7, 11) is 0. The van der Waals surface area contributed by atoms with Crippen molar-refractivity contribution in [3.8, 4) is 5.75 Å². The molecule has 3 aromatic rings. The average molecular weight is 402 g/mol. The van der Waals surface area contributed by atoms with Crippen molar-refractivity contribution >= 4 is 50.9 Å². The SMILES string of the molecule is O=C(/C=C/c1sc2ccccc2c1Cl)NCCNC(=O)c1ncccc1O. The van der Waals surface area contributed by atoms with Crippen LogP contribution < -0.4 is 10.6 Å². The monoisotopic (exact) mass is 401 g/mol. The molecule has 0 spiro atoms. The lowest BCUT2D eigenvalue weighted by molar-refractivity contribution is -0.116. The number of amides is 2. The Hall–Kier alpha value is -2.90. The van der Waals surface area contributed by atoms with E-state index >= 15 is 0 Å². The van der Waals surface area contributed by atoms with Gasteiger partial charge in [0.1, 0.15) is 5.75 Å². The molecule has 0 atom stereocenters. The van der Waals surface area contributed by atoms with E-state index in [1.165, 1.54) is 35.7 Å². The van der Waals surface area contributed by atoms with E-state index in [-0.39, 0.29) is 30.4 Å². The summed E-state index contributed by atoms with van der Waals surface area (Å²) in [6.07, 6.45) is 4.50. The molecule has 0 radical (unpaired) electrons. The third-order valence-corrected chi connectivity index (χ3v) is 5.31. The molecule has 2 aromatic heterocycles. The maximum absolute atomic E-state index is 11.9. The van der Waals surface area contributed by atoms with Crippen LogP contribution in [-0.2, 0) is 4.79 Å². The van der Waals surface area contributed by atoms with E-state index in [9.17, 15) is 14.7 Å². The van der Waals surface area contributed by atoms with E-state index in [2.05, 4.69) is 15.6 Å². The Labute approximate surface area is 164 Å². The summed E-state index contributed by atoms with van der Waals surface area (Å²) in [4.78, 5) is 28.4. The van der Waals surface area contributed by atoms with E-state index < -0.39 is 5.91 Å². The zero-order valence-corrected chi connectivity index (χ0v) is 15.7. The first-order valence-corrected chi connectivity index (χ1v) is 9.31. The zero-order valence-electron chi connectivity index (χ0n) is 14.1. The molecule has 0 aliphatic heterocycles. The molecule has 0 aliphatic carbocycles. The molecule has 138 valence electrons. The summed E-state index contributed by atoms with van der Waals surface area (Å²) in [6.45, 7) is 0.445. The Bertz CT molecular complexity index is 1020. The van der Waals surface area contributed by atoms with E-state index in [0.29, 0.717) is 5.02 Å². The molecule has 0 saturated carbocycles. The maximum Gasteiger partial charge on any atom is 0.273 e. The summed E-state index contributed by atoms with van der Waals surface area (Å²) in [5.74, 6) is -0.990. The van der Waals surface area contributed by atoms with Crippen molar-refractivity contribution in [1.82, 2.24) is 15.6 Å². The highest BCUT2D eigenvalue weighted by Gasteiger charge is 2.11. The molecular formula is C19H16ClN3O3S. The first-order valence-electron chi connectivity index (χ1n) is 8.11. The van der Waals surface area contributed by atoms with Crippen LogP contribution in [0.15, 0.2) is 48.7 Å². The number of thiophene rings is 1. The number of aromatic nitrogens is 1. The lowest BCUT2D eigenvalue weighted by Gasteiger charge is -2.06. The number of halogens is 1. The van der Waals surface area contributed by atoms with Crippen molar-refractivity contribution in [2.24, 2.45) is 0 Å². The summed E-state index contributed by atoms with van der Waals surface area (Å²) < 4.78 is 1.06. The Balaban J connectivity index is 1.48. The third-order valence-electron chi connectivity index (χ3n) is 3.66. The quantitative estimate of drug-likeness (QED) is 0.437. The summed E-state index contributed by atoms with van der Waals surface area (Å²) in [6, 6.07) is 10.7. The number of hydrogen-bond donors (Lipinski definition) is 3. The van der Waals surface area contributed by atoms with Crippen LogP contribution in [0.2, 0.25) is 5.02 Å². The van der Waals surface area contributed by atoms with Crippen LogP contribution in [0.25, 0.3) is 16.2 Å². The zero-order chi connectivity index (χ0) is 19.2. The number of aromatic hydroxyl groups is 1. The van der Waals surface area contributed by atoms with Gasteiger partial charge in [0.2, 0.25) is 5.91 Å². The molecule has 0 bridgehead atoms. The minimum absolute atomic E-state index is 0.0527. The Morgan fingerprint density at radius 3 is 2.70 bits per heavy atom. The van der Waals surface area contributed by atoms with E-state index in [1.54, 1.807) is 6.08 Å². The number of benzene rings is 1. The lowest BCUT2D eigenvalue weighted by atomic mass is 10.2.